The fourth-order valence-corrected chi connectivity index (χ4v) is 4.58. The first-order valence-corrected chi connectivity index (χ1v) is 11.3. The summed E-state index contributed by atoms with van der Waals surface area (Å²) in [6.45, 7) is 7.31. The lowest BCUT2D eigenvalue weighted by Crippen LogP contribution is -2.27. The molecule has 1 fully saturated rings. The monoisotopic (exact) mass is 420 g/mol. The summed E-state index contributed by atoms with van der Waals surface area (Å²) in [5, 5.41) is 6.66. The van der Waals surface area contributed by atoms with Gasteiger partial charge in [0.15, 0.2) is 5.82 Å². The number of hydrogen-bond acceptors (Lipinski definition) is 6. The van der Waals surface area contributed by atoms with Crippen LogP contribution in [0.2, 0.25) is 0 Å². The Hall–Kier alpha value is -2.26. The van der Waals surface area contributed by atoms with Crippen LogP contribution in [0, 0.1) is 0 Å². The van der Waals surface area contributed by atoms with Crippen molar-refractivity contribution in [1.82, 2.24) is 19.8 Å². The molecule has 0 saturated carbocycles. The largest absolute Gasteiger partial charge is 0.349 e. The van der Waals surface area contributed by atoms with Gasteiger partial charge in [0, 0.05) is 24.9 Å². The third-order valence-electron chi connectivity index (χ3n) is 4.82. The first kappa shape index (κ1) is 21.4. The van der Waals surface area contributed by atoms with Crippen molar-refractivity contribution in [1.29, 1.82) is 0 Å². The molecule has 29 heavy (non-hydrogen) atoms. The van der Waals surface area contributed by atoms with Crippen LogP contribution in [0.5, 0.6) is 0 Å². The Morgan fingerprint density at radius 1 is 1.17 bits per heavy atom. The SMILES string of the molecule is CC(C)(C)c1nc(CNC(=O)CCc2ccc(S(=O)(=O)N3CCCC3)cc2)no1. The van der Waals surface area contributed by atoms with Gasteiger partial charge in [0.2, 0.25) is 21.8 Å². The summed E-state index contributed by atoms with van der Waals surface area (Å²) in [5.74, 6) is 0.853. The number of aryl methyl sites for hydroxylation is 1. The van der Waals surface area contributed by atoms with Crippen LogP contribution in [-0.2, 0) is 33.2 Å². The molecule has 8 nitrogen and oxygen atoms in total. The number of benzene rings is 1. The molecule has 0 bridgehead atoms. The molecule has 2 aromatic rings. The van der Waals surface area contributed by atoms with Crippen molar-refractivity contribution < 1.29 is 17.7 Å². The van der Waals surface area contributed by atoms with Crippen LogP contribution < -0.4 is 5.32 Å². The molecule has 0 radical (unpaired) electrons. The zero-order valence-corrected chi connectivity index (χ0v) is 18.0. The van der Waals surface area contributed by atoms with Gasteiger partial charge in [0.05, 0.1) is 11.4 Å². The summed E-state index contributed by atoms with van der Waals surface area (Å²) in [5.41, 5.74) is 0.680. The number of amides is 1. The zero-order valence-electron chi connectivity index (χ0n) is 17.1. The van der Waals surface area contributed by atoms with Gasteiger partial charge in [0.25, 0.3) is 0 Å². The first-order chi connectivity index (χ1) is 13.7. The zero-order chi connectivity index (χ0) is 21.1. The van der Waals surface area contributed by atoms with Crippen molar-refractivity contribution in [3.05, 3.63) is 41.5 Å². The molecule has 0 spiro atoms. The summed E-state index contributed by atoms with van der Waals surface area (Å²) < 4.78 is 31.8. The van der Waals surface area contributed by atoms with Crippen molar-refractivity contribution in [2.24, 2.45) is 0 Å². The molecule has 0 unspecified atom stereocenters. The topological polar surface area (TPSA) is 105 Å². The summed E-state index contributed by atoms with van der Waals surface area (Å²) >= 11 is 0. The van der Waals surface area contributed by atoms with E-state index in [-0.39, 0.29) is 17.9 Å². The summed E-state index contributed by atoms with van der Waals surface area (Å²) in [6, 6.07) is 6.78. The molecule has 0 aliphatic carbocycles. The Bertz CT molecular complexity index is 940. The standard InChI is InChI=1S/C20H28N4O4S/c1-20(2,3)19-22-17(23-28-19)14-21-18(25)11-8-15-6-9-16(10-7-15)29(26,27)24-12-4-5-13-24/h6-7,9-10H,4-5,8,11-14H2,1-3H3,(H,21,25). The molecule has 1 saturated heterocycles. The summed E-state index contributed by atoms with van der Waals surface area (Å²) in [7, 11) is -3.40. The minimum absolute atomic E-state index is 0.124. The van der Waals surface area contributed by atoms with E-state index in [4.69, 9.17) is 4.52 Å². The van der Waals surface area contributed by atoms with Crippen molar-refractivity contribution in [2.45, 2.75) is 63.3 Å². The average Bonchev–Trinajstić information content (AvgIpc) is 3.36. The number of nitrogens with one attached hydrogen (secondary N) is 1. The van der Waals surface area contributed by atoms with Crippen LogP contribution in [-0.4, -0.2) is 41.9 Å². The van der Waals surface area contributed by atoms with Gasteiger partial charge in [-0.3, -0.25) is 4.79 Å². The highest BCUT2D eigenvalue weighted by Gasteiger charge is 2.27. The highest BCUT2D eigenvalue weighted by Crippen LogP contribution is 2.21. The molecule has 1 N–H and O–H groups in total. The summed E-state index contributed by atoms with van der Waals surface area (Å²) in [4.78, 5) is 16.7. The Kier molecular flexibility index (Phi) is 6.38. The molecular weight excluding hydrogens is 392 g/mol. The quantitative estimate of drug-likeness (QED) is 0.737. The van der Waals surface area contributed by atoms with Gasteiger partial charge in [-0.25, -0.2) is 8.42 Å². The fourth-order valence-electron chi connectivity index (χ4n) is 3.06. The van der Waals surface area contributed by atoms with Crippen LogP contribution in [0.25, 0.3) is 0 Å². The van der Waals surface area contributed by atoms with Crippen molar-refractivity contribution in [3.8, 4) is 0 Å². The van der Waals surface area contributed by atoms with Gasteiger partial charge in [-0.2, -0.15) is 9.29 Å². The molecule has 158 valence electrons. The lowest BCUT2D eigenvalue weighted by atomic mass is 9.97. The number of hydrogen-bond donors (Lipinski definition) is 1. The van der Waals surface area contributed by atoms with Crippen molar-refractivity contribution >= 4 is 15.9 Å². The average molecular weight is 421 g/mol. The number of aromatic nitrogens is 2. The molecular formula is C20H28N4O4S. The maximum Gasteiger partial charge on any atom is 0.243 e. The fraction of sp³-hybridized carbons (Fsp3) is 0.550. The van der Waals surface area contributed by atoms with Gasteiger partial charge in [-0.05, 0) is 37.0 Å². The molecule has 1 aliphatic rings. The normalized spacial score (nSPS) is 15.6. The smallest absolute Gasteiger partial charge is 0.243 e. The maximum atomic E-state index is 12.5. The van der Waals surface area contributed by atoms with Crippen LogP contribution in [0.15, 0.2) is 33.7 Å². The number of sulfonamides is 1. The second-order valence-corrected chi connectivity index (χ2v) is 10.2. The van der Waals surface area contributed by atoms with Gasteiger partial charge < -0.3 is 9.84 Å². The van der Waals surface area contributed by atoms with Gasteiger partial charge in [-0.1, -0.05) is 38.1 Å². The second kappa shape index (κ2) is 8.62. The van der Waals surface area contributed by atoms with Crippen LogP contribution in [0.4, 0.5) is 0 Å². The maximum absolute atomic E-state index is 12.5. The summed E-state index contributed by atoms with van der Waals surface area (Å²) in [6.07, 6.45) is 2.64. The molecule has 1 aromatic heterocycles. The van der Waals surface area contributed by atoms with E-state index >= 15 is 0 Å². The van der Waals surface area contributed by atoms with Gasteiger partial charge in [0.1, 0.15) is 0 Å². The minimum Gasteiger partial charge on any atom is -0.349 e. The highest BCUT2D eigenvalue weighted by molar-refractivity contribution is 7.89. The molecule has 1 aliphatic heterocycles. The van der Waals surface area contributed by atoms with Crippen LogP contribution in [0.1, 0.15) is 57.3 Å². The van der Waals surface area contributed by atoms with Crippen molar-refractivity contribution in [2.75, 3.05) is 13.1 Å². The number of rotatable bonds is 7. The first-order valence-electron chi connectivity index (χ1n) is 9.85. The Labute approximate surface area is 171 Å². The van der Waals surface area contributed by atoms with E-state index < -0.39 is 10.0 Å². The second-order valence-electron chi connectivity index (χ2n) is 8.30. The third kappa shape index (κ3) is 5.42. The highest BCUT2D eigenvalue weighted by atomic mass is 32.2. The van der Waals surface area contributed by atoms with E-state index in [2.05, 4.69) is 15.5 Å². The number of nitrogens with zero attached hydrogens (tertiary/aromatic N) is 3. The minimum atomic E-state index is -3.40. The van der Waals surface area contributed by atoms with Crippen LogP contribution >= 0.6 is 0 Å². The third-order valence-corrected chi connectivity index (χ3v) is 6.73. The van der Waals surface area contributed by atoms with E-state index in [1.165, 1.54) is 4.31 Å². The van der Waals surface area contributed by atoms with E-state index in [0.29, 0.717) is 42.5 Å². The molecule has 9 heteroatoms. The molecule has 2 heterocycles. The lowest BCUT2D eigenvalue weighted by Gasteiger charge is -2.15. The Balaban J connectivity index is 1.48. The van der Waals surface area contributed by atoms with E-state index in [1.807, 2.05) is 20.8 Å². The molecule has 3 rings (SSSR count). The van der Waals surface area contributed by atoms with E-state index in [9.17, 15) is 13.2 Å². The van der Waals surface area contributed by atoms with Crippen molar-refractivity contribution in [3.63, 3.8) is 0 Å². The molecule has 1 amide bonds. The van der Waals surface area contributed by atoms with E-state index in [0.717, 1.165) is 18.4 Å². The predicted molar refractivity (Wildman–Crippen MR) is 108 cm³/mol. The Morgan fingerprint density at radius 2 is 1.83 bits per heavy atom. The van der Waals surface area contributed by atoms with E-state index in [1.54, 1.807) is 24.3 Å². The number of carbonyl (C=O) groups excluding carboxylic acids is 1. The van der Waals surface area contributed by atoms with Gasteiger partial charge in [-0.15, -0.1) is 0 Å². The Morgan fingerprint density at radius 3 is 2.41 bits per heavy atom. The lowest BCUT2D eigenvalue weighted by molar-refractivity contribution is -0.121. The predicted octanol–water partition coefficient (Wildman–Crippen LogP) is 2.40. The molecule has 1 aromatic carbocycles. The number of carbonyl (C=O) groups is 1. The van der Waals surface area contributed by atoms with Gasteiger partial charge >= 0.3 is 0 Å². The molecule has 0 atom stereocenters. The van der Waals surface area contributed by atoms with Crippen LogP contribution in [0.3, 0.4) is 0 Å².